The molecule has 4 heteroatoms. The highest BCUT2D eigenvalue weighted by molar-refractivity contribution is 9.12. The number of allylic oxidation sites excluding steroid dienone is 10. The summed E-state index contributed by atoms with van der Waals surface area (Å²) in [5, 5.41) is 9.02. The SMILES string of the molecule is CC(=O)CCC1=C(C)C(Br)=C/C1=C/C1=C(CCC(=O)O)C(C)=C(C)C1. The molecule has 0 saturated heterocycles. The van der Waals surface area contributed by atoms with E-state index in [1.165, 1.54) is 27.9 Å². The number of hydrogen-bond donors (Lipinski definition) is 1. The van der Waals surface area contributed by atoms with Crippen molar-refractivity contribution in [2.45, 2.75) is 59.8 Å². The zero-order valence-corrected chi connectivity index (χ0v) is 16.9. The summed E-state index contributed by atoms with van der Waals surface area (Å²) >= 11 is 3.60. The molecule has 0 aromatic carbocycles. The van der Waals surface area contributed by atoms with E-state index >= 15 is 0 Å². The van der Waals surface area contributed by atoms with Crippen LogP contribution < -0.4 is 0 Å². The molecule has 1 N–H and O–H groups in total. The van der Waals surface area contributed by atoms with Gasteiger partial charge in [-0.15, -0.1) is 0 Å². The lowest BCUT2D eigenvalue weighted by molar-refractivity contribution is -0.137. The second-order valence-electron chi connectivity index (χ2n) is 6.88. The van der Waals surface area contributed by atoms with Crippen molar-refractivity contribution in [1.82, 2.24) is 0 Å². The molecular weight excluding hydrogens is 380 g/mol. The van der Waals surface area contributed by atoms with Crippen LogP contribution in [-0.2, 0) is 9.59 Å². The highest BCUT2D eigenvalue weighted by atomic mass is 79.9. The van der Waals surface area contributed by atoms with E-state index in [1.807, 2.05) is 0 Å². The average molecular weight is 405 g/mol. The average Bonchev–Trinajstić information content (AvgIpc) is 2.93. The lowest BCUT2D eigenvalue weighted by atomic mass is 9.95. The molecule has 0 amide bonds. The van der Waals surface area contributed by atoms with E-state index in [0.717, 1.165) is 28.5 Å². The highest BCUT2D eigenvalue weighted by Crippen LogP contribution is 2.40. The van der Waals surface area contributed by atoms with E-state index in [2.05, 4.69) is 48.9 Å². The van der Waals surface area contributed by atoms with Gasteiger partial charge in [-0.1, -0.05) is 27.6 Å². The highest BCUT2D eigenvalue weighted by Gasteiger charge is 2.22. The van der Waals surface area contributed by atoms with Gasteiger partial charge in [-0.25, -0.2) is 0 Å². The van der Waals surface area contributed by atoms with Crippen LogP contribution in [0.2, 0.25) is 0 Å². The molecule has 2 rings (SSSR count). The number of carbonyl (C=O) groups is 2. The molecule has 0 fully saturated rings. The Kier molecular flexibility index (Phi) is 6.39. The molecule has 2 aliphatic carbocycles. The van der Waals surface area contributed by atoms with Crippen molar-refractivity contribution in [2.24, 2.45) is 0 Å². The van der Waals surface area contributed by atoms with Crippen molar-refractivity contribution in [1.29, 1.82) is 0 Å². The summed E-state index contributed by atoms with van der Waals surface area (Å²) in [6, 6.07) is 0. The molecule has 25 heavy (non-hydrogen) atoms. The van der Waals surface area contributed by atoms with Crippen molar-refractivity contribution in [3.8, 4) is 0 Å². The molecule has 0 saturated carbocycles. The fourth-order valence-electron chi connectivity index (χ4n) is 3.38. The van der Waals surface area contributed by atoms with Crippen LogP contribution in [0.4, 0.5) is 0 Å². The first-order valence-electron chi connectivity index (χ1n) is 8.60. The largest absolute Gasteiger partial charge is 0.481 e. The van der Waals surface area contributed by atoms with Gasteiger partial charge >= 0.3 is 5.97 Å². The summed E-state index contributed by atoms with van der Waals surface area (Å²) < 4.78 is 1.06. The molecule has 0 heterocycles. The van der Waals surface area contributed by atoms with E-state index < -0.39 is 5.97 Å². The van der Waals surface area contributed by atoms with Gasteiger partial charge in [0.15, 0.2) is 0 Å². The van der Waals surface area contributed by atoms with Crippen molar-refractivity contribution >= 4 is 27.7 Å². The first-order chi connectivity index (χ1) is 11.7. The van der Waals surface area contributed by atoms with E-state index in [4.69, 9.17) is 5.11 Å². The van der Waals surface area contributed by atoms with Gasteiger partial charge in [-0.3, -0.25) is 4.79 Å². The molecule has 0 aliphatic heterocycles. The molecule has 0 bridgehead atoms. The number of ketones is 1. The maximum atomic E-state index is 11.4. The maximum absolute atomic E-state index is 11.4. The Morgan fingerprint density at radius 2 is 1.76 bits per heavy atom. The van der Waals surface area contributed by atoms with Gasteiger partial charge in [0.1, 0.15) is 5.78 Å². The predicted molar refractivity (Wildman–Crippen MR) is 105 cm³/mol. The third-order valence-electron chi connectivity index (χ3n) is 5.02. The third-order valence-corrected chi connectivity index (χ3v) is 5.85. The van der Waals surface area contributed by atoms with Gasteiger partial charge in [-0.2, -0.15) is 0 Å². The summed E-state index contributed by atoms with van der Waals surface area (Å²) in [5.74, 6) is -0.573. The molecule has 3 nitrogen and oxygen atoms in total. The van der Waals surface area contributed by atoms with E-state index in [1.54, 1.807) is 6.92 Å². The van der Waals surface area contributed by atoms with Gasteiger partial charge in [0.25, 0.3) is 0 Å². The molecule has 0 radical (unpaired) electrons. The van der Waals surface area contributed by atoms with E-state index in [-0.39, 0.29) is 12.2 Å². The van der Waals surface area contributed by atoms with Crippen LogP contribution >= 0.6 is 15.9 Å². The number of halogens is 1. The number of carboxylic acids is 1. The molecule has 0 aromatic rings. The van der Waals surface area contributed by atoms with Crippen LogP contribution in [0, 0.1) is 0 Å². The first-order valence-corrected chi connectivity index (χ1v) is 9.39. The Morgan fingerprint density at radius 3 is 2.36 bits per heavy atom. The topological polar surface area (TPSA) is 54.4 Å². The van der Waals surface area contributed by atoms with Gasteiger partial charge in [0.2, 0.25) is 0 Å². The van der Waals surface area contributed by atoms with E-state index in [0.29, 0.717) is 12.8 Å². The third kappa shape index (κ3) is 4.69. The number of Topliss-reactive ketones (excluding diaryl/α,β-unsaturated/α-hetero) is 1. The molecule has 0 spiro atoms. The minimum absolute atomic E-state index is 0.151. The maximum Gasteiger partial charge on any atom is 0.303 e. The number of hydrogen-bond acceptors (Lipinski definition) is 2. The van der Waals surface area contributed by atoms with Crippen LogP contribution in [0.15, 0.2) is 55.6 Å². The second kappa shape index (κ2) is 8.13. The lowest BCUT2D eigenvalue weighted by Crippen LogP contribution is -1.97. The minimum atomic E-state index is -0.766. The number of carboxylic acid groups (broad SMARTS) is 1. The van der Waals surface area contributed by atoms with Gasteiger partial charge in [0, 0.05) is 17.3 Å². The zero-order chi connectivity index (χ0) is 18.7. The van der Waals surface area contributed by atoms with Gasteiger partial charge in [0.05, 0.1) is 0 Å². The van der Waals surface area contributed by atoms with Crippen LogP contribution in [0.3, 0.4) is 0 Å². The normalized spacial score (nSPS) is 19.4. The Balaban J connectivity index is 2.35. The molecule has 0 aromatic heterocycles. The standard InChI is InChI=1S/C21H25BrO3/c1-12-9-16(18(14(12)3)7-8-21(24)25)10-17-11-20(22)15(4)19(17)6-5-13(2)23/h10-11H,5-9H2,1-4H3,(H,24,25)/b17-10-. The Morgan fingerprint density at radius 1 is 1.12 bits per heavy atom. The molecule has 134 valence electrons. The van der Waals surface area contributed by atoms with Crippen LogP contribution in [0.1, 0.15) is 59.8 Å². The monoisotopic (exact) mass is 404 g/mol. The zero-order valence-electron chi connectivity index (χ0n) is 15.3. The van der Waals surface area contributed by atoms with Crippen LogP contribution in [-0.4, -0.2) is 16.9 Å². The number of aliphatic carboxylic acids is 1. The molecule has 2 aliphatic rings. The predicted octanol–water partition coefficient (Wildman–Crippen LogP) is 5.79. The van der Waals surface area contributed by atoms with Crippen molar-refractivity contribution in [2.75, 3.05) is 0 Å². The summed E-state index contributed by atoms with van der Waals surface area (Å²) in [4.78, 5) is 22.4. The summed E-state index contributed by atoms with van der Waals surface area (Å²) in [7, 11) is 0. The molecule has 0 atom stereocenters. The lowest BCUT2D eigenvalue weighted by Gasteiger charge is -2.09. The van der Waals surface area contributed by atoms with Crippen molar-refractivity contribution in [3.63, 3.8) is 0 Å². The fourth-order valence-corrected chi connectivity index (χ4v) is 3.87. The van der Waals surface area contributed by atoms with Crippen molar-refractivity contribution < 1.29 is 14.7 Å². The molecule has 0 unspecified atom stereocenters. The Hall–Kier alpha value is -1.68. The fraction of sp³-hybridized carbons (Fsp3) is 0.429. The Bertz CT molecular complexity index is 773. The van der Waals surface area contributed by atoms with E-state index in [9.17, 15) is 9.59 Å². The number of rotatable bonds is 7. The minimum Gasteiger partial charge on any atom is -0.481 e. The smallest absolute Gasteiger partial charge is 0.303 e. The van der Waals surface area contributed by atoms with Gasteiger partial charge in [-0.05, 0) is 86.5 Å². The summed E-state index contributed by atoms with van der Waals surface area (Å²) in [5.41, 5.74) is 8.41. The summed E-state index contributed by atoms with van der Waals surface area (Å²) in [6.07, 6.45) is 7.15. The Labute approximate surface area is 158 Å². The van der Waals surface area contributed by atoms with Crippen LogP contribution in [0.25, 0.3) is 0 Å². The first kappa shape index (κ1) is 19.6. The quantitative estimate of drug-likeness (QED) is 0.583. The second-order valence-corrected chi connectivity index (χ2v) is 7.73. The van der Waals surface area contributed by atoms with Crippen LogP contribution in [0.5, 0.6) is 0 Å². The summed E-state index contributed by atoms with van der Waals surface area (Å²) in [6.45, 7) is 7.88. The number of carbonyl (C=O) groups excluding carboxylic acids is 1. The van der Waals surface area contributed by atoms with Gasteiger partial charge < -0.3 is 9.90 Å². The molecular formula is C21H25BrO3. The van der Waals surface area contributed by atoms with Crippen molar-refractivity contribution in [3.05, 3.63) is 55.6 Å².